The monoisotopic (exact) mass is 369 g/mol. The number of benzene rings is 2. The molecular weight excluding hydrogens is 350 g/mol. The van der Waals surface area contributed by atoms with Gasteiger partial charge in [0.1, 0.15) is 5.75 Å². The van der Waals surface area contributed by atoms with E-state index < -0.39 is 0 Å². The topological polar surface area (TPSA) is 56.6 Å². The first kappa shape index (κ1) is 18.2. The second-order valence-electron chi connectivity index (χ2n) is 6.21. The number of methoxy groups -OCH3 is 1. The van der Waals surface area contributed by atoms with E-state index in [0.717, 1.165) is 30.9 Å². The molecule has 0 unspecified atom stereocenters. The summed E-state index contributed by atoms with van der Waals surface area (Å²) in [6.07, 6.45) is 0. The summed E-state index contributed by atoms with van der Waals surface area (Å²) in [6.45, 7) is 3.65. The lowest BCUT2D eigenvalue weighted by Gasteiger charge is -2.35. The van der Waals surface area contributed by atoms with E-state index in [4.69, 9.17) is 21.6 Å². The number of hydrogen-bond donors (Lipinski definition) is 0. The molecule has 0 aromatic heterocycles. The van der Waals surface area contributed by atoms with E-state index in [1.807, 2.05) is 23.1 Å². The molecule has 2 aromatic carbocycles. The lowest BCUT2D eigenvalue weighted by atomic mass is 10.1. The normalized spacial score (nSPS) is 14.7. The van der Waals surface area contributed by atoms with Gasteiger partial charge in [0.05, 0.1) is 18.7 Å². The molecule has 0 N–H and O–H groups in total. The van der Waals surface area contributed by atoms with Crippen LogP contribution in [0.3, 0.4) is 0 Å². The molecule has 0 saturated carbocycles. The van der Waals surface area contributed by atoms with Gasteiger partial charge in [-0.3, -0.25) is 9.69 Å². The van der Waals surface area contributed by atoms with E-state index in [1.54, 1.807) is 31.4 Å². The minimum absolute atomic E-state index is 0.00877. The van der Waals surface area contributed by atoms with Gasteiger partial charge in [0.15, 0.2) is 0 Å². The molecular formula is C20H20ClN3O2. The summed E-state index contributed by atoms with van der Waals surface area (Å²) in [5, 5.41) is 9.54. The Hall–Kier alpha value is -2.55. The average Bonchev–Trinajstić information content (AvgIpc) is 2.68. The van der Waals surface area contributed by atoms with Crippen molar-refractivity contribution < 1.29 is 9.53 Å². The van der Waals surface area contributed by atoms with E-state index in [-0.39, 0.29) is 5.91 Å². The number of carbonyl (C=O) groups is 1. The highest BCUT2D eigenvalue weighted by atomic mass is 35.5. The summed E-state index contributed by atoms with van der Waals surface area (Å²) < 4.78 is 5.41. The first-order chi connectivity index (χ1) is 12.6. The largest absolute Gasteiger partial charge is 0.496 e. The van der Waals surface area contributed by atoms with Gasteiger partial charge < -0.3 is 9.64 Å². The molecule has 1 saturated heterocycles. The van der Waals surface area contributed by atoms with E-state index in [1.165, 1.54) is 0 Å². The van der Waals surface area contributed by atoms with Crippen LogP contribution in [-0.4, -0.2) is 49.0 Å². The highest BCUT2D eigenvalue weighted by Gasteiger charge is 2.22. The fraction of sp³-hybridized carbons (Fsp3) is 0.300. The van der Waals surface area contributed by atoms with Crippen LogP contribution in [0.4, 0.5) is 0 Å². The Morgan fingerprint density at radius 3 is 2.46 bits per heavy atom. The van der Waals surface area contributed by atoms with Gasteiger partial charge in [0.2, 0.25) is 0 Å². The van der Waals surface area contributed by atoms with Crippen molar-refractivity contribution >= 4 is 17.5 Å². The third-order valence-electron chi connectivity index (χ3n) is 4.56. The smallest absolute Gasteiger partial charge is 0.253 e. The van der Waals surface area contributed by atoms with Crippen molar-refractivity contribution in [2.75, 3.05) is 33.3 Å². The molecule has 3 rings (SSSR count). The van der Waals surface area contributed by atoms with Crippen molar-refractivity contribution in [3.63, 3.8) is 0 Å². The SMILES string of the molecule is COc1ccc(Cl)cc1CN1CCN(C(=O)c2ccc(C#N)cc2)CC1. The summed E-state index contributed by atoms with van der Waals surface area (Å²) in [5.74, 6) is 0.833. The number of hydrogen-bond acceptors (Lipinski definition) is 4. The van der Waals surface area contributed by atoms with Crippen LogP contribution in [0.15, 0.2) is 42.5 Å². The first-order valence-corrected chi connectivity index (χ1v) is 8.82. The lowest BCUT2D eigenvalue weighted by Crippen LogP contribution is -2.48. The van der Waals surface area contributed by atoms with Crippen LogP contribution < -0.4 is 4.74 Å². The van der Waals surface area contributed by atoms with Crippen LogP contribution in [0.25, 0.3) is 0 Å². The van der Waals surface area contributed by atoms with E-state index in [9.17, 15) is 4.79 Å². The summed E-state index contributed by atoms with van der Waals surface area (Å²) in [4.78, 5) is 16.7. The van der Waals surface area contributed by atoms with Gasteiger partial charge in [0.25, 0.3) is 5.91 Å². The molecule has 0 aliphatic carbocycles. The predicted molar refractivity (Wildman–Crippen MR) is 100 cm³/mol. The van der Waals surface area contributed by atoms with Crippen molar-refractivity contribution in [2.24, 2.45) is 0 Å². The van der Waals surface area contributed by atoms with Gasteiger partial charge in [-0.1, -0.05) is 11.6 Å². The third kappa shape index (κ3) is 4.16. The maximum absolute atomic E-state index is 12.6. The zero-order valence-corrected chi connectivity index (χ0v) is 15.4. The number of nitrogens with zero attached hydrogens (tertiary/aromatic N) is 3. The molecule has 0 spiro atoms. The second-order valence-corrected chi connectivity index (χ2v) is 6.65. The molecule has 1 aliphatic rings. The zero-order chi connectivity index (χ0) is 18.5. The summed E-state index contributed by atoms with van der Waals surface area (Å²) in [7, 11) is 1.65. The molecule has 1 amide bonds. The Bertz CT molecular complexity index is 822. The van der Waals surface area contributed by atoms with E-state index >= 15 is 0 Å². The Morgan fingerprint density at radius 2 is 1.85 bits per heavy atom. The Morgan fingerprint density at radius 1 is 1.15 bits per heavy atom. The Balaban J connectivity index is 1.59. The molecule has 0 atom stereocenters. The summed E-state index contributed by atoms with van der Waals surface area (Å²) in [6, 6.07) is 14.5. The highest BCUT2D eigenvalue weighted by molar-refractivity contribution is 6.30. The first-order valence-electron chi connectivity index (χ1n) is 8.45. The number of nitriles is 1. The van der Waals surface area contributed by atoms with Gasteiger partial charge in [-0.25, -0.2) is 0 Å². The van der Waals surface area contributed by atoms with Crippen LogP contribution in [0.5, 0.6) is 5.75 Å². The predicted octanol–water partition coefficient (Wildman–Crippen LogP) is 3.18. The molecule has 2 aromatic rings. The van der Waals surface area contributed by atoms with Crippen LogP contribution in [-0.2, 0) is 6.54 Å². The number of amides is 1. The number of piperazine rings is 1. The molecule has 5 nitrogen and oxygen atoms in total. The van der Waals surface area contributed by atoms with E-state index in [0.29, 0.717) is 29.2 Å². The van der Waals surface area contributed by atoms with Gasteiger partial charge in [-0.2, -0.15) is 5.26 Å². The second kappa shape index (κ2) is 8.22. The number of halogens is 1. The molecule has 6 heteroatoms. The van der Waals surface area contributed by atoms with Crippen LogP contribution in [0, 0.1) is 11.3 Å². The van der Waals surface area contributed by atoms with Crippen molar-refractivity contribution in [3.8, 4) is 11.8 Å². The van der Waals surface area contributed by atoms with E-state index in [2.05, 4.69) is 11.0 Å². The van der Waals surface area contributed by atoms with Gasteiger partial charge >= 0.3 is 0 Å². The standard InChI is InChI=1S/C20H20ClN3O2/c1-26-19-7-6-18(21)12-17(19)14-23-8-10-24(11-9-23)20(25)16-4-2-15(13-22)3-5-16/h2-7,12H,8-11,14H2,1H3. The van der Waals surface area contributed by atoms with Gasteiger partial charge in [-0.05, 0) is 42.5 Å². The highest BCUT2D eigenvalue weighted by Crippen LogP contribution is 2.24. The quantitative estimate of drug-likeness (QED) is 0.830. The molecule has 26 heavy (non-hydrogen) atoms. The van der Waals surface area contributed by atoms with Crippen molar-refractivity contribution in [1.29, 1.82) is 5.26 Å². The maximum atomic E-state index is 12.6. The Labute approximate surface area is 158 Å². The number of ether oxygens (including phenoxy) is 1. The number of carbonyl (C=O) groups excluding carboxylic acids is 1. The molecule has 1 aliphatic heterocycles. The molecule has 1 heterocycles. The molecule has 134 valence electrons. The van der Waals surface area contributed by atoms with Crippen LogP contribution in [0.1, 0.15) is 21.5 Å². The maximum Gasteiger partial charge on any atom is 0.253 e. The minimum Gasteiger partial charge on any atom is -0.496 e. The minimum atomic E-state index is 0.00877. The summed E-state index contributed by atoms with van der Waals surface area (Å²) >= 11 is 6.10. The lowest BCUT2D eigenvalue weighted by molar-refractivity contribution is 0.0627. The third-order valence-corrected chi connectivity index (χ3v) is 4.79. The van der Waals surface area contributed by atoms with Gasteiger partial charge in [-0.15, -0.1) is 0 Å². The number of rotatable bonds is 4. The molecule has 0 bridgehead atoms. The van der Waals surface area contributed by atoms with Crippen molar-refractivity contribution in [1.82, 2.24) is 9.80 Å². The fourth-order valence-electron chi connectivity index (χ4n) is 3.09. The van der Waals surface area contributed by atoms with Gasteiger partial charge in [0, 0.05) is 48.9 Å². The van der Waals surface area contributed by atoms with Crippen molar-refractivity contribution in [3.05, 3.63) is 64.2 Å². The molecule has 1 fully saturated rings. The van der Waals surface area contributed by atoms with Crippen LogP contribution >= 0.6 is 11.6 Å². The van der Waals surface area contributed by atoms with Crippen molar-refractivity contribution in [2.45, 2.75) is 6.54 Å². The summed E-state index contributed by atoms with van der Waals surface area (Å²) in [5.41, 5.74) is 2.22. The zero-order valence-electron chi connectivity index (χ0n) is 14.6. The fourth-order valence-corrected chi connectivity index (χ4v) is 3.29. The molecule has 0 radical (unpaired) electrons. The Kier molecular flexibility index (Phi) is 5.77. The average molecular weight is 370 g/mol. The van der Waals surface area contributed by atoms with Crippen LogP contribution in [0.2, 0.25) is 5.02 Å².